The van der Waals surface area contributed by atoms with Gasteiger partial charge in [0.2, 0.25) is 5.89 Å². The van der Waals surface area contributed by atoms with Gasteiger partial charge >= 0.3 is 0 Å². The van der Waals surface area contributed by atoms with Crippen molar-refractivity contribution in [2.24, 2.45) is 0 Å². The minimum atomic E-state index is 0.126. The highest BCUT2D eigenvalue weighted by Crippen LogP contribution is 2.26. The quantitative estimate of drug-likeness (QED) is 0.914. The molecule has 1 aromatic carbocycles. The summed E-state index contributed by atoms with van der Waals surface area (Å²) in [6.07, 6.45) is 2.87. The van der Waals surface area contributed by atoms with Gasteiger partial charge in [-0.05, 0) is 24.5 Å². The van der Waals surface area contributed by atoms with E-state index in [-0.39, 0.29) is 6.10 Å². The largest absolute Gasteiger partial charge is 0.445 e. The maximum Gasteiger partial charge on any atom is 0.208 e. The van der Waals surface area contributed by atoms with Crippen molar-refractivity contribution in [3.63, 3.8) is 0 Å². The average molecular weight is 258 g/mol. The zero-order valence-corrected chi connectivity index (χ0v) is 11.1. The first-order chi connectivity index (χ1) is 9.33. The van der Waals surface area contributed by atoms with Crippen LogP contribution in [0.2, 0.25) is 0 Å². The molecule has 0 aliphatic carbocycles. The number of aromatic nitrogens is 1. The molecule has 0 saturated carbocycles. The highest BCUT2D eigenvalue weighted by Gasteiger charge is 2.19. The van der Waals surface area contributed by atoms with Gasteiger partial charge in [-0.2, -0.15) is 0 Å². The van der Waals surface area contributed by atoms with Crippen molar-refractivity contribution < 1.29 is 9.15 Å². The number of nitrogens with one attached hydrogen (secondary N) is 1. The van der Waals surface area contributed by atoms with E-state index in [2.05, 4.69) is 34.6 Å². The second-order valence-corrected chi connectivity index (χ2v) is 4.80. The molecule has 1 atom stereocenters. The maximum atomic E-state index is 5.83. The predicted octanol–water partition coefficient (Wildman–Crippen LogP) is 2.39. The smallest absolute Gasteiger partial charge is 0.208 e. The normalized spacial score (nSPS) is 18.3. The van der Waals surface area contributed by atoms with Gasteiger partial charge < -0.3 is 14.5 Å². The zero-order chi connectivity index (χ0) is 13.1. The van der Waals surface area contributed by atoms with E-state index in [0.717, 1.165) is 31.2 Å². The van der Waals surface area contributed by atoms with E-state index < -0.39 is 0 Å². The van der Waals surface area contributed by atoms with Crippen LogP contribution in [0.25, 0.3) is 0 Å². The van der Waals surface area contributed by atoms with Crippen molar-refractivity contribution in [3.05, 3.63) is 53.2 Å². The van der Waals surface area contributed by atoms with Crippen LogP contribution in [0.3, 0.4) is 0 Å². The van der Waals surface area contributed by atoms with Gasteiger partial charge in [-0.25, -0.2) is 4.98 Å². The number of ether oxygens (including phenoxy) is 1. The van der Waals surface area contributed by atoms with Gasteiger partial charge in [-0.1, -0.05) is 24.3 Å². The molecule has 1 aliphatic rings. The lowest BCUT2D eigenvalue weighted by molar-refractivity contribution is 0.0420. The van der Waals surface area contributed by atoms with Gasteiger partial charge in [0.1, 0.15) is 5.76 Å². The molecule has 0 fully saturated rings. The Balaban J connectivity index is 1.59. The third-order valence-electron chi connectivity index (χ3n) is 3.37. The number of hydrogen-bond acceptors (Lipinski definition) is 4. The number of nitrogens with zero attached hydrogens (tertiary/aromatic N) is 1. The number of aryl methyl sites for hydroxylation is 1. The van der Waals surface area contributed by atoms with Crippen LogP contribution in [0.4, 0.5) is 0 Å². The third-order valence-corrected chi connectivity index (χ3v) is 3.37. The molecule has 0 bridgehead atoms. The summed E-state index contributed by atoms with van der Waals surface area (Å²) < 4.78 is 11.3. The number of rotatable bonds is 4. The van der Waals surface area contributed by atoms with Crippen LogP contribution in [-0.4, -0.2) is 18.1 Å². The molecule has 1 aromatic heterocycles. The standard InChI is InChI=1S/C15H18N2O2/c1-11-8-17-15(19-11)10-16-9-14-13-5-3-2-4-12(13)6-7-18-14/h2-5,8,14,16H,6-7,9-10H2,1H3. The molecule has 0 radical (unpaired) electrons. The SMILES string of the molecule is Cc1cnc(CNCC2OCCc3ccccc32)o1. The van der Waals surface area contributed by atoms with Crippen molar-refractivity contribution in [2.45, 2.75) is 26.0 Å². The summed E-state index contributed by atoms with van der Waals surface area (Å²) in [7, 11) is 0. The molecule has 2 heterocycles. The van der Waals surface area contributed by atoms with Gasteiger partial charge in [0.05, 0.1) is 25.5 Å². The minimum Gasteiger partial charge on any atom is -0.445 e. The maximum absolute atomic E-state index is 5.83. The Hall–Kier alpha value is -1.65. The third kappa shape index (κ3) is 2.85. The van der Waals surface area contributed by atoms with Crippen LogP contribution < -0.4 is 5.32 Å². The predicted molar refractivity (Wildman–Crippen MR) is 71.8 cm³/mol. The van der Waals surface area contributed by atoms with Crippen molar-refractivity contribution in [1.82, 2.24) is 10.3 Å². The van der Waals surface area contributed by atoms with Crippen LogP contribution in [-0.2, 0) is 17.7 Å². The van der Waals surface area contributed by atoms with Gasteiger partial charge in [-0.15, -0.1) is 0 Å². The van der Waals surface area contributed by atoms with Gasteiger partial charge in [-0.3, -0.25) is 0 Å². The van der Waals surface area contributed by atoms with Crippen LogP contribution in [0.5, 0.6) is 0 Å². The second kappa shape index (κ2) is 5.55. The van der Waals surface area contributed by atoms with E-state index in [0.29, 0.717) is 6.54 Å². The van der Waals surface area contributed by atoms with Gasteiger partial charge in [0.15, 0.2) is 0 Å². The number of benzene rings is 1. The Labute approximate surface area is 112 Å². The van der Waals surface area contributed by atoms with E-state index in [4.69, 9.17) is 9.15 Å². The minimum absolute atomic E-state index is 0.126. The summed E-state index contributed by atoms with van der Waals surface area (Å²) in [6.45, 7) is 4.10. The van der Waals surface area contributed by atoms with E-state index in [1.165, 1.54) is 11.1 Å². The molecule has 1 aliphatic heterocycles. The van der Waals surface area contributed by atoms with E-state index in [9.17, 15) is 0 Å². The van der Waals surface area contributed by atoms with E-state index in [1.807, 2.05) is 6.92 Å². The molecular weight excluding hydrogens is 240 g/mol. The summed E-state index contributed by atoms with van der Waals surface area (Å²) in [6, 6.07) is 8.49. The fourth-order valence-electron chi connectivity index (χ4n) is 2.44. The fraction of sp³-hybridized carbons (Fsp3) is 0.400. The summed E-state index contributed by atoms with van der Waals surface area (Å²) in [4.78, 5) is 4.17. The van der Waals surface area contributed by atoms with Crippen molar-refractivity contribution in [2.75, 3.05) is 13.2 Å². The Morgan fingerprint density at radius 3 is 3.11 bits per heavy atom. The molecule has 0 spiro atoms. The molecule has 0 saturated heterocycles. The van der Waals surface area contributed by atoms with Crippen LogP contribution in [0.15, 0.2) is 34.9 Å². The summed E-state index contributed by atoms with van der Waals surface area (Å²) in [5, 5.41) is 3.34. The zero-order valence-electron chi connectivity index (χ0n) is 11.1. The Morgan fingerprint density at radius 1 is 1.37 bits per heavy atom. The first-order valence-corrected chi connectivity index (χ1v) is 6.64. The monoisotopic (exact) mass is 258 g/mol. The number of fused-ring (bicyclic) bond motifs is 1. The first kappa shape index (κ1) is 12.4. The molecule has 100 valence electrons. The molecule has 3 rings (SSSR count). The molecular formula is C15H18N2O2. The Morgan fingerprint density at radius 2 is 2.26 bits per heavy atom. The van der Waals surface area contributed by atoms with Gasteiger partial charge in [0.25, 0.3) is 0 Å². The lowest BCUT2D eigenvalue weighted by Crippen LogP contribution is -2.27. The van der Waals surface area contributed by atoms with E-state index in [1.54, 1.807) is 6.20 Å². The van der Waals surface area contributed by atoms with Crippen LogP contribution >= 0.6 is 0 Å². The Kier molecular flexibility index (Phi) is 3.62. The first-order valence-electron chi connectivity index (χ1n) is 6.64. The Bertz CT molecular complexity index is 551. The highest BCUT2D eigenvalue weighted by atomic mass is 16.5. The molecule has 0 amide bonds. The molecule has 1 unspecified atom stereocenters. The summed E-state index contributed by atoms with van der Waals surface area (Å²) in [5.74, 6) is 1.57. The van der Waals surface area contributed by atoms with E-state index >= 15 is 0 Å². The highest BCUT2D eigenvalue weighted by molar-refractivity contribution is 5.31. The number of hydrogen-bond donors (Lipinski definition) is 1. The second-order valence-electron chi connectivity index (χ2n) is 4.80. The molecule has 1 N–H and O–H groups in total. The summed E-state index contributed by atoms with van der Waals surface area (Å²) >= 11 is 0. The molecule has 4 nitrogen and oxygen atoms in total. The molecule has 19 heavy (non-hydrogen) atoms. The van der Waals surface area contributed by atoms with Crippen LogP contribution in [0, 0.1) is 6.92 Å². The van der Waals surface area contributed by atoms with Crippen molar-refractivity contribution >= 4 is 0 Å². The van der Waals surface area contributed by atoms with Crippen molar-refractivity contribution in [1.29, 1.82) is 0 Å². The summed E-state index contributed by atoms with van der Waals surface area (Å²) in [5.41, 5.74) is 2.69. The lowest BCUT2D eigenvalue weighted by Gasteiger charge is -2.26. The van der Waals surface area contributed by atoms with Gasteiger partial charge in [0, 0.05) is 6.54 Å². The lowest BCUT2D eigenvalue weighted by atomic mass is 9.97. The average Bonchev–Trinajstić information content (AvgIpc) is 2.85. The van der Waals surface area contributed by atoms with Crippen LogP contribution in [0.1, 0.15) is 28.9 Å². The molecule has 2 aromatic rings. The number of oxazole rings is 1. The van der Waals surface area contributed by atoms with Crippen molar-refractivity contribution in [3.8, 4) is 0 Å². The topological polar surface area (TPSA) is 47.3 Å². The molecule has 4 heteroatoms. The fourth-order valence-corrected chi connectivity index (χ4v) is 2.44.